The lowest BCUT2D eigenvalue weighted by Crippen LogP contribution is -2.27. The van der Waals surface area contributed by atoms with Crippen LogP contribution in [0.1, 0.15) is 47.1 Å². The van der Waals surface area contributed by atoms with Crippen LogP contribution in [0.3, 0.4) is 0 Å². The van der Waals surface area contributed by atoms with E-state index in [2.05, 4.69) is 10.1 Å². The van der Waals surface area contributed by atoms with Crippen LogP contribution in [0.2, 0.25) is 0 Å². The summed E-state index contributed by atoms with van der Waals surface area (Å²) >= 11 is 0. The zero-order valence-corrected chi connectivity index (χ0v) is 15.0. The maximum atomic E-state index is 13.9. The summed E-state index contributed by atoms with van der Waals surface area (Å²) < 4.78 is 32.2. The van der Waals surface area contributed by atoms with Crippen LogP contribution < -0.4 is 0 Å². The third-order valence-corrected chi connectivity index (χ3v) is 4.23. The molecule has 0 atom stereocenters. The van der Waals surface area contributed by atoms with Crippen molar-refractivity contribution >= 4 is 17.0 Å². The van der Waals surface area contributed by atoms with Crippen LogP contribution in [0.25, 0.3) is 11.1 Å². The molecule has 0 aliphatic carbocycles. The maximum Gasteiger partial charge on any atom is 0.259 e. The Bertz CT molecular complexity index is 982. The molecule has 0 aliphatic heterocycles. The Morgan fingerprint density at radius 2 is 2.00 bits per heavy atom. The van der Waals surface area contributed by atoms with Crippen molar-refractivity contribution in [3.63, 3.8) is 0 Å². The van der Waals surface area contributed by atoms with Crippen molar-refractivity contribution in [1.29, 1.82) is 0 Å². The second-order valence-corrected chi connectivity index (χ2v) is 6.59. The molecule has 0 bridgehead atoms. The molecule has 0 saturated carbocycles. The predicted molar refractivity (Wildman–Crippen MR) is 92.8 cm³/mol. The summed E-state index contributed by atoms with van der Waals surface area (Å²) in [5.74, 6) is -1.56. The van der Waals surface area contributed by atoms with Gasteiger partial charge in [0.15, 0.2) is 0 Å². The molecule has 5 nitrogen and oxygen atoms in total. The van der Waals surface area contributed by atoms with Gasteiger partial charge in [0.05, 0.1) is 16.6 Å². The average Bonchev–Trinajstić information content (AvgIpc) is 2.97. The van der Waals surface area contributed by atoms with Gasteiger partial charge in [-0.25, -0.2) is 13.8 Å². The Kier molecular flexibility index (Phi) is 4.71. The van der Waals surface area contributed by atoms with E-state index in [0.717, 1.165) is 6.07 Å². The number of fused-ring (bicyclic) bond motifs is 1. The Labute approximate surface area is 149 Å². The van der Waals surface area contributed by atoms with Crippen molar-refractivity contribution in [3.05, 3.63) is 58.4 Å². The molecule has 0 N–H and O–H groups in total. The maximum absolute atomic E-state index is 13.9. The van der Waals surface area contributed by atoms with E-state index in [-0.39, 0.29) is 23.9 Å². The molecule has 7 heteroatoms. The SMILES string of the molecule is Cc1noc2nc(C(C)C)cc(C(=O)N(C)Cc3ccc(F)cc3F)c12. The zero-order valence-electron chi connectivity index (χ0n) is 15.0. The molecule has 2 aromatic heterocycles. The summed E-state index contributed by atoms with van der Waals surface area (Å²) in [6.45, 7) is 5.67. The molecule has 1 aromatic carbocycles. The van der Waals surface area contributed by atoms with Gasteiger partial charge in [0.2, 0.25) is 0 Å². The van der Waals surface area contributed by atoms with E-state index < -0.39 is 11.6 Å². The molecule has 0 fully saturated rings. The zero-order chi connectivity index (χ0) is 19.0. The van der Waals surface area contributed by atoms with E-state index >= 15 is 0 Å². The van der Waals surface area contributed by atoms with Crippen LogP contribution in [0, 0.1) is 18.6 Å². The molecule has 0 unspecified atom stereocenters. The van der Waals surface area contributed by atoms with Crippen LogP contribution in [-0.2, 0) is 6.54 Å². The smallest absolute Gasteiger partial charge is 0.259 e. The summed E-state index contributed by atoms with van der Waals surface area (Å²) in [6, 6.07) is 5.03. The van der Waals surface area contributed by atoms with Crippen LogP contribution in [-0.4, -0.2) is 28.0 Å². The number of benzene rings is 1. The summed E-state index contributed by atoms with van der Waals surface area (Å²) in [5, 5.41) is 4.44. The molecule has 3 rings (SSSR count). The number of amides is 1. The number of aromatic nitrogens is 2. The van der Waals surface area contributed by atoms with E-state index in [1.54, 1.807) is 20.0 Å². The highest BCUT2D eigenvalue weighted by Crippen LogP contribution is 2.26. The first kappa shape index (κ1) is 18.0. The summed E-state index contributed by atoms with van der Waals surface area (Å²) in [4.78, 5) is 18.8. The highest BCUT2D eigenvalue weighted by atomic mass is 19.1. The average molecular weight is 359 g/mol. The number of carbonyl (C=O) groups excluding carboxylic acids is 1. The molecule has 0 spiro atoms. The van der Waals surface area contributed by atoms with Crippen molar-refractivity contribution in [2.45, 2.75) is 33.2 Å². The third-order valence-electron chi connectivity index (χ3n) is 4.23. The van der Waals surface area contributed by atoms with Crippen LogP contribution in [0.4, 0.5) is 8.78 Å². The monoisotopic (exact) mass is 359 g/mol. The van der Waals surface area contributed by atoms with Gasteiger partial charge in [0, 0.05) is 30.9 Å². The van der Waals surface area contributed by atoms with Crippen molar-refractivity contribution in [2.75, 3.05) is 7.05 Å². The number of nitrogens with zero attached hydrogens (tertiary/aromatic N) is 3. The van der Waals surface area contributed by atoms with Crippen molar-refractivity contribution in [1.82, 2.24) is 15.0 Å². The normalized spacial score (nSPS) is 11.3. The largest absolute Gasteiger partial charge is 0.337 e. The molecule has 3 aromatic rings. The van der Waals surface area contributed by atoms with Gasteiger partial charge >= 0.3 is 0 Å². The standard InChI is InChI=1S/C19H19F2N3O2/c1-10(2)16-8-14(17-11(3)23-26-18(17)22-16)19(25)24(4)9-12-5-6-13(20)7-15(12)21/h5-8,10H,9H2,1-4H3. The molecular weight excluding hydrogens is 340 g/mol. The van der Waals surface area contributed by atoms with Gasteiger partial charge in [0.1, 0.15) is 11.6 Å². The van der Waals surface area contributed by atoms with Crippen LogP contribution in [0.5, 0.6) is 0 Å². The minimum absolute atomic E-state index is 0.0100. The van der Waals surface area contributed by atoms with Gasteiger partial charge < -0.3 is 9.42 Å². The number of aryl methyl sites for hydroxylation is 1. The number of hydrogen-bond acceptors (Lipinski definition) is 4. The third kappa shape index (κ3) is 3.29. The summed E-state index contributed by atoms with van der Waals surface area (Å²) in [5.41, 5.74) is 2.21. The highest BCUT2D eigenvalue weighted by Gasteiger charge is 2.22. The number of pyridine rings is 1. The molecule has 0 aliphatic rings. The minimum atomic E-state index is -0.687. The van der Waals surface area contributed by atoms with Gasteiger partial charge in [-0.2, -0.15) is 0 Å². The van der Waals surface area contributed by atoms with E-state index in [4.69, 9.17) is 4.52 Å². The van der Waals surface area contributed by atoms with Gasteiger partial charge in [0.25, 0.3) is 11.6 Å². The fourth-order valence-corrected chi connectivity index (χ4v) is 2.76. The fourth-order valence-electron chi connectivity index (χ4n) is 2.76. The Morgan fingerprint density at radius 1 is 1.27 bits per heavy atom. The quantitative estimate of drug-likeness (QED) is 0.700. The summed E-state index contributed by atoms with van der Waals surface area (Å²) in [6.07, 6.45) is 0. The van der Waals surface area contributed by atoms with Gasteiger partial charge in [-0.3, -0.25) is 4.79 Å². The van der Waals surface area contributed by atoms with Gasteiger partial charge in [-0.1, -0.05) is 25.1 Å². The fraction of sp³-hybridized carbons (Fsp3) is 0.316. The Balaban J connectivity index is 1.99. The molecule has 26 heavy (non-hydrogen) atoms. The number of hydrogen-bond donors (Lipinski definition) is 0. The molecule has 0 radical (unpaired) electrons. The minimum Gasteiger partial charge on any atom is -0.337 e. The van der Waals surface area contributed by atoms with Crippen molar-refractivity contribution in [2.24, 2.45) is 0 Å². The van der Waals surface area contributed by atoms with Gasteiger partial charge in [-0.05, 0) is 25.0 Å². The first-order chi connectivity index (χ1) is 12.3. The van der Waals surface area contributed by atoms with E-state index in [9.17, 15) is 13.6 Å². The molecule has 136 valence electrons. The van der Waals surface area contributed by atoms with E-state index in [1.165, 1.54) is 17.0 Å². The van der Waals surface area contributed by atoms with Crippen LogP contribution in [0.15, 0.2) is 28.8 Å². The Morgan fingerprint density at radius 3 is 2.65 bits per heavy atom. The van der Waals surface area contributed by atoms with Gasteiger partial charge in [-0.15, -0.1) is 0 Å². The summed E-state index contributed by atoms with van der Waals surface area (Å²) in [7, 11) is 1.56. The number of carbonyl (C=O) groups is 1. The topological polar surface area (TPSA) is 59.2 Å². The number of rotatable bonds is 4. The second kappa shape index (κ2) is 6.82. The lowest BCUT2D eigenvalue weighted by Gasteiger charge is -2.19. The first-order valence-corrected chi connectivity index (χ1v) is 8.24. The number of halogens is 2. The lowest BCUT2D eigenvalue weighted by molar-refractivity contribution is 0.0785. The lowest BCUT2D eigenvalue weighted by atomic mass is 10.0. The Hall–Kier alpha value is -2.83. The molecule has 0 saturated heterocycles. The second-order valence-electron chi connectivity index (χ2n) is 6.59. The first-order valence-electron chi connectivity index (χ1n) is 8.24. The predicted octanol–water partition coefficient (Wildman–Crippen LogP) is 4.21. The van der Waals surface area contributed by atoms with Crippen LogP contribution >= 0.6 is 0 Å². The molecular formula is C19H19F2N3O2. The van der Waals surface area contributed by atoms with E-state index in [0.29, 0.717) is 28.1 Å². The van der Waals surface area contributed by atoms with Crippen molar-refractivity contribution in [3.8, 4) is 0 Å². The van der Waals surface area contributed by atoms with E-state index in [1.807, 2.05) is 13.8 Å². The molecule has 1 amide bonds. The highest BCUT2D eigenvalue weighted by molar-refractivity contribution is 6.05. The van der Waals surface area contributed by atoms with Crippen molar-refractivity contribution < 1.29 is 18.1 Å². The molecule has 2 heterocycles.